The molecule has 27 heavy (non-hydrogen) atoms. The zero-order chi connectivity index (χ0) is 18.8. The van der Waals surface area contributed by atoms with Gasteiger partial charge >= 0.3 is 0 Å². The molecule has 0 unspecified atom stereocenters. The third-order valence-corrected chi connectivity index (χ3v) is 4.90. The van der Waals surface area contributed by atoms with Crippen LogP contribution in [-0.4, -0.2) is 25.3 Å². The van der Waals surface area contributed by atoms with Crippen LogP contribution in [0.25, 0.3) is 16.9 Å². The number of aromatic nitrogens is 4. The van der Waals surface area contributed by atoms with E-state index in [4.69, 9.17) is 0 Å². The molecule has 1 amide bonds. The van der Waals surface area contributed by atoms with Gasteiger partial charge in [0.15, 0.2) is 0 Å². The minimum Gasteiger partial charge on any atom is -0.322 e. The van der Waals surface area contributed by atoms with Crippen molar-refractivity contribution in [1.29, 1.82) is 0 Å². The first-order chi connectivity index (χ1) is 13.1. The first kappa shape index (κ1) is 17.1. The predicted molar refractivity (Wildman–Crippen MR) is 106 cm³/mol. The molecule has 2 aromatic heterocycles. The molecule has 0 aliphatic rings. The zero-order valence-corrected chi connectivity index (χ0v) is 15.7. The normalized spacial score (nSPS) is 10.7. The molecular formula is C20H17N5OS. The van der Waals surface area contributed by atoms with Crippen LogP contribution in [0.3, 0.4) is 0 Å². The third kappa shape index (κ3) is 3.37. The number of hydrogen-bond donors (Lipinski definition) is 1. The number of para-hydroxylation sites is 1. The topological polar surface area (TPSA) is 72.7 Å². The standard InChI is InChI=1S/C20H17N5OS/c1-13-5-3-4-6-19(13)25-14(2)17(11-21-25)20(26)22-16-9-7-15(8-10-16)18-12-27-24-23-18/h3-12H,1-2H3,(H,22,26). The number of benzene rings is 2. The highest BCUT2D eigenvalue weighted by Crippen LogP contribution is 2.22. The van der Waals surface area contributed by atoms with Crippen LogP contribution in [-0.2, 0) is 0 Å². The summed E-state index contributed by atoms with van der Waals surface area (Å²) in [6, 6.07) is 15.5. The van der Waals surface area contributed by atoms with Gasteiger partial charge in [-0.05, 0) is 49.1 Å². The van der Waals surface area contributed by atoms with Crippen molar-refractivity contribution >= 4 is 23.1 Å². The number of aryl methyl sites for hydroxylation is 1. The van der Waals surface area contributed by atoms with Crippen LogP contribution in [0.1, 0.15) is 21.6 Å². The molecule has 0 atom stereocenters. The van der Waals surface area contributed by atoms with Crippen molar-refractivity contribution in [2.24, 2.45) is 0 Å². The van der Waals surface area contributed by atoms with E-state index in [1.54, 1.807) is 10.9 Å². The van der Waals surface area contributed by atoms with E-state index in [1.165, 1.54) is 11.5 Å². The van der Waals surface area contributed by atoms with Crippen molar-refractivity contribution < 1.29 is 4.79 Å². The molecule has 2 heterocycles. The summed E-state index contributed by atoms with van der Waals surface area (Å²) in [5.74, 6) is -0.185. The van der Waals surface area contributed by atoms with E-state index in [0.717, 1.165) is 33.9 Å². The monoisotopic (exact) mass is 375 g/mol. The Morgan fingerprint density at radius 2 is 1.85 bits per heavy atom. The van der Waals surface area contributed by atoms with Gasteiger partial charge in [0.2, 0.25) is 0 Å². The van der Waals surface area contributed by atoms with Crippen molar-refractivity contribution in [3.8, 4) is 16.9 Å². The lowest BCUT2D eigenvalue weighted by atomic mass is 10.1. The van der Waals surface area contributed by atoms with Gasteiger partial charge in [-0.2, -0.15) is 5.10 Å². The fourth-order valence-electron chi connectivity index (χ4n) is 2.89. The van der Waals surface area contributed by atoms with Crippen LogP contribution >= 0.6 is 11.5 Å². The van der Waals surface area contributed by atoms with Gasteiger partial charge in [-0.1, -0.05) is 34.8 Å². The minimum atomic E-state index is -0.185. The van der Waals surface area contributed by atoms with Crippen molar-refractivity contribution in [3.63, 3.8) is 0 Å². The Morgan fingerprint density at radius 1 is 1.07 bits per heavy atom. The summed E-state index contributed by atoms with van der Waals surface area (Å²) in [4.78, 5) is 12.7. The summed E-state index contributed by atoms with van der Waals surface area (Å²) in [7, 11) is 0. The van der Waals surface area contributed by atoms with Crippen LogP contribution in [0.4, 0.5) is 5.69 Å². The highest BCUT2D eigenvalue weighted by atomic mass is 32.1. The van der Waals surface area contributed by atoms with Gasteiger partial charge in [-0.3, -0.25) is 4.79 Å². The lowest BCUT2D eigenvalue weighted by molar-refractivity contribution is 0.102. The molecule has 0 aliphatic carbocycles. The molecule has 7 heteroatoms. The molecule has 0 aliphatic heterocycles. The van der Waals surface area contributed by atoms with Gasteiger partial charge in [-0.15, -0.1) is 5.10 Å². The molecule has 4 aromatic rings. The smallest absolute Gasteiger partial charge is 0.259 e. The predicted octanol–water partition coefficient (Wildman–Crippen LogP) is 4.26. The lowest BCUT2D eigenvalue weighted by Crippen LogP contribution is -2.13. The van der Waals surface area contributed by atoms with Crippen molar-refractivity contribution in [2.45, 2.75) is 13.8 Å². The van der Waals surface area contributed by atoms with Crippen molar-refractivity contribution in [2.75, 3.05) is 5.32 Å². The Hall–Kier alpha value is -3.32. The van der Waals surface area contributed by atoms with E-state index < -0.39 is 0 Å². The number of rotatable bonds is 4. The summed E-state index contributed by atoms with van der Waals surface area (Å²) in [6.07, 6.45) is 1.60. The van der Waals surface area contributed by atoms with E-state index in [9.17, 15) is 4.79 Å². The van der Waals surface area contributed by atoms with Gasteiger partial charge in [0.1, 0.15) is 5.69 Å². The molecule has 4 rings (SSSR count). The Labute approximate surface area is 160 Å². The number of nitrogens with zero attached hydrogens (tertiary/aromatic N) is 4. The first-order valence-electron chi connectivity index (χ1n) is 8.43. The van der Waals surface area contributed by atoms with E-state index in [0.29, 0.717) is 5.56 Å². The zero-order valence-electron chi connectivity index (χ0n) is 14.9. The molecule has 0 spiro atoms. The molecule has 2 aromatic carbocycles. The second-order valence-corrected chi connectivity index (χ2v) is 6.77. The highest BCUT2D eigenvalue weighted by molar-refractivity contribution is 7.03. The van der Waals surface area contributed by atoms with E-state index in [-0.39, 0.29) is 5.91 Å². The first-order valence-corrected chi connectivity index (χ1v) is 9.26. The maximum absolute atomic E-state index is 12.7. The Morgan fingerprint density at radius 3 is 2.56 bits per heavy atom. The highest BCUT2D eigenvalue weighted by Gasteiger charge is 2.16. The van der Waals surface area contributed by atoms with Crippen LogP contribution in [0.2, 0.25) is 0 Å². The van der Waals surface area contributed by atoms with Gasteiger partial charge in [0, 0.05) is 16.6 Å². The summed E-state index contributed by atoms with van der Waals surface area (Å²) in [6.45, 7) is 3.92. The molecule has 0 bridgehead atoms. The van der Waals surface area contributed by atoms with Crippen LogP contribution in [0.15, 0.2) is 60.1 Å². The summed E-state index contributed by atoms with van der Waals surface area (Å²) >= 11 is 1.31. The number of carbonyl (C=O) groups is 1. The van der Waals surface area contributed by atoms with Crippen LogP contribution < -0.4 is 5.32 Å². The number of carbonyl (C=O) groups excluding carboxylic acids is 1. The Balaban J connectivity index is 1.55. The molecule has 134 valence electrons. The van der Waals surface area contributed by atoms with E-state index >= 15 is 0 Å². The fourth-order valence-corrected chi connectivity index (χ4v) is 3.35. The number of nitrogens with one attached hydrogen (secondary N) is 1. The van der Waals surface area contributed by atoms with E-state index in [1.807, 2.05) is 67.8 Å². The molecule has 0 saturated carbocycles. The van der Waals surface area contributed by atoms with Gasteiger partial charge in [0.25, 0.3) is 5.91 Å². The summed E-state index contributed by atoms with van der Waals surface area (Å²) < 4.78 is 5.66. The minimum absolute atomic E-state index is 0.185. The average Bonchev–Trinajstić information content (AvgIpc) is 3.33. The third-order valence-electron chi connectivity index (χ3n) is 4.40. The van der Waals surface area contributed by atoms with Gasteiger partial charge in [-0.25, -0.2) is 4.68 Å². The molecule has 0 saturated heterocycles. The van der Waals surface area contributed by atoms with E-state index in [2.05, 4.69) is 20.0 Å². The van der Waals surface area contributed by atoms with Crippen molar-refractivity contribution in [1.82, 2.24) is 19.4 Å². The second-order valence-electron chi connectivity index (χ2n) is 6.16. The molecule has 0 fully saturated rings. The quantitative estimate of drug-likeness (QED) is 0.578. The molecular weight excluding hydrogens is 358 g/mol. The largest absolute Gasteiger partial charge is 0.322 e. The Bertz CT molecular complexity index is 1080. The summed E-state index contributed by atoms with van der Waals surface area (Å²) in [5.41, 5.74) is 5.92. The van der Waals surface area contributed by atoms with Crippen LogP contribution in [0.5, 0.6) is 0 Å². The van der Waals surface area contributed by atoms with Gasteiger partial charge in [0.05, 0.1) is 23.1 Å². The lowest BCUT2D eigenvalue weighted by Gasteiger charge is -2.09. The SMILES string of the molecule is Cc1ccccc1-n1ncc(C(=O)Nc2ccc(-c3csnn3)cc2)c1C. The van der Waals surface area contributed by atoms with Crippen molar-refractivity contribution in [3.05, 3.63) is 76.9 Å². The average molecular weight is 375 g/mol. The molecule has 6 nitrogen and oxygen atoms in total. The van der Waals surface area contributed by atoms with Gasteiger partial charge < -0.3 is 5.32 Å². The maximum Gasteiger partial charge on any atom is 0.259 e. The number of anilines is 1. The molecule has 1 N–H and O–H groups in total. The summed E-state index contributed by atoms with van der Waals surface area (Å²) in [5, 5.41) is 13.3. The Kier molecular flexibility index (Phi) is 4.52. The number of hydrogen-bond acceptors (Lipinski definition) is 5. The second kappa shape index (κ2) is 7.13. The fraction of sp³-hybridized carbons (Fsp3) is 0.100. The number of amides is 1. The molecule has 0 radical (unpaired) electrons. The van der Waals surface area contributed by atoms with Crippen LogP contribution in [0, 0.1) is 13.8 Å². The maximum atomic E-state index is 12.7.